The molecule has 4 heteroatoms. The van der Waals surface area contributed by atoms with E-state index in [4.69, 9.17) is 0 Å². The first-order chi connectivity index (χ1) is 0. The Labute approximate surface area is 109 Å². The van der Waals surface area contributed by atoms with Crippen LogP contribution in [-0.2, 0) is 17.1 Å². The summed E-state index contributed by atoms with van der Waals surface area (Å²) in [7, 11) is 0. The SMILES string of the molecule is [Ba].[Cu].[La].[Si]. The smallest absolute Gasteiger partial charge is 0 e. The molecule has 0 heterocycles. The van der Waals surface area contributed by atoms with Crippen molar-refractivity contribution in [1.82, 2.24) is 0 Å². The molecular formula is BaCuLaSi. The van der Waals surface area contributed by atoms with Gasteiger partial charge in [-0.15, -0.1) is 0 Å². The summed E-state index contributed by atoms with van der Waals surface area (Å²) in [4.78, 5) is 0. The van der Waals surface area contributed by atoms with E-state index in [1.165, 1.54) is 0 Å². The maximum atomic E-state index is 0. The van der Waals surface area contributed by atoms with Crippen molar-refractivity contribution in [1.29, 1.82) is 0 Å². The second kappa shape index (κ2) is 16.0. The third kappa shape index (κ3) is 9.09. The van der Waals surface area contributed by atoms with E-state index in [0.717, 1.165) is 0 Å². The summed E-state index contributed by atoms with van der Waals surface area (Å²) in [6.45, 7) is 0. The minimum atomic E-state index is 0. The van der Waals surface area contributed by atoms with Gasteiger partial charge in [0.05, 0.1) is 0 Å². The van der Waals surface area contributed by atoms with Crippen LogP contribution < -0.4 is 0 Å². The molecule has 0 atom stereocenters. The van der Waals surface area contributed by atoms with Crippen LogP contribution in [0.2, 0.25) is 0 Å². The van der Waals surface area contributed by atoms with Crippen molar-refractivity contribution < 1.29 is 52.7 Å². The van der Waals surface area contributed by atoms with Crippen molar-refractivity contribution in [3.05, 3.63) is 0 Å². The van der Waals surface area contributed by atoms with Crippen molar-refractivity contribution >= 4 is 59.8 Å². The van der Waals surface area contributed by atoms with Gasteiger partial charge in [0.1, 0.15) is 0 Å². The average Bonchev–Trinajstić information content (AvgIpc) is 0. The molecule has 0 aromatic heterocycles. The minimum Gasteiger partial charge on any atom is 0 e. The molecule has 0 rings (SSSR count). The van der Waals surface area contributed by atoms with E-state index in [1.807, 2.05) is 0 Å². The zero-order valence-corrected chi connectivity index (χ0v) is 12.1. The molecule has 8 radical (unpaired) electrons. The van der Waals surface area contributed by atoms with Gasteiger partial charge in [0.2, 0.25) is 0 Å². The molecule has 0 N–H and O–H groups in total. The number of hydrogen-bond acceptors (Lipinski definition) is 0. The predicted molar refractivity (Wildman–Crippen MR) is 11.5 cm³/mol. The summed E-state index contributed by atoms with van der Waals surface area (Å²) in [5.41, 5.74) is 0. The first kappa shape index (κ1) is 25.9. The van der Waals surface area contributed by atoms with E-state index in [2.05, 4.69) is 0 Å². The van der Waals surface area contributed by atoms with Crippen molar-refractivity contribution in [2.45, 2.75) is 0 Å². The molecule has 0 aliphatic carbocycles. The van der Waals surface area contributed by atoms with E-state index >= 15 is 0 Å². The second-order valence-corrected chi connectivity index (χ2v) is 0. The Morgan fingerprint density at radius 2 is 1.00 bits per heavy atom. The Balaban J connectivity index is 0. The van der Waals surface area contributed by atoms with E-state index < -0.39 is 0 Å². The van der Waals surface area contributed by atoms with Crippen LogP contribution in [0.15, 0.2) is 0 Å². The summed E-state index contributed by atoms with van der Waals surface area (Å²) in [5.74, 6) is 0. The molecule has 0 unspecified atom stereocenters. The maximum absolute atomic E-state index is 0. The summed E-state index contributed by atoms with van der Waals surface area (Å²) < 4.78 is 0. The van der Waals surface area contributed by atoms with Crippen LogP contribution in [0.25, 0.3) is 0 Å². The van der Waals surface area contributed by atoms with Gasteiger partial charge in [0, 0.05) is 113 Å². The molecule has 0 nitrogen and oxygen atoms in total. The van der Waals surface area contributed by atoms with Gasteiger partial charge in [-0.05, 0) is 0 Å². The van der Waals surface area contributed by atoms with Crippen molar-refractivity contribution in [2.75, 3.05) is 0 Å². The zero-order chi connectivity index (χ0) is 0. The van der Waals surface area contributed by atoms with Crippen molar-refractivity contribution in [3.63, 3.8) is 0 Å². The molecule has 0 bridgehead atoms. The average molecular weight is 368 g/mol. The molecule has 0 aromatic carbocycles. The summed E-state index contributed by atoms with van der Waals surface area (Å²) in [6, 6.07) is 0. The zero-order valence-electron chi connectivity index (χ0n) is 2.09. The summed E-state index contributed by atoms with van der Waals surface area (Å²) in [5, 5.41) is 0. The normalized spacial score (nSPS) is 0. The molecule has 0 spiro atoms. The Morgan fingerprint density at radius 3 is 1.00 bits per heavy atom. The Kier molecular flexibility index (Phi) is 104. The fraction of sp³-hybridized carbons (Fsp3) is 0. The monoisotopic (exact) mass is 368 g/mol. The predicted octanol–water partition coefficient (Wildman–Crippen LogP) is -0.764. The fourth-order valence-electron chi connectivity index (χ4n) is 0. The van der Waals surface area contributed by atoms with Crippen LogP contribution >= 0.6 is 0 Å². The Bertz CT molecular complexity index is 8.00. The van der Waals surface area contributed by atoms with Crippen LogP contribution in [0.4, 0.5) is 0 Å². The maximum Gasteiger partial charge on any atom is 0 e. The third-order valence-electron chi connectivity index (χ3n) is 0. The van der Waals surface area contributed by atoms with Gasteiger partial charge < -0.3 is 0 Å². The molecule has 0 aromatic rings. The number of hydrogen-bond donors (Lipinski definition) is 0. The molecule has 0 saturated carbocycles. The molecular weight excluding hydrogens is 368 g/mol. The van der Waals surface area contributed by atoms with Crippen molar-refractivity contribution in [2.24, 2.45) is 0 Å². The number of rotatable bonds is 0. The summed E-state index contributed by atoms with van der Waals surface area (Å²) in [6.07, 6.45) is 0. The summed E-state index contributed by atoms with van der Waals surface area (Å²) >= 11 is 0. The third-order valence-corrected chi connectivity index (χ3v) is 0. The molecule has 4 heavy (non-hydrogen) atoms. The molecule has 20 valence electrons. The second-order valence-electron chi connectivity index (χ2n) is 0. The van der Waals surface area contributed by atoms with Gasteiger partial charge >= 0.3 is 0 Å². The van der Waals surface area contributed by atoms with Gasteiger partial charge in [-0.3, -0.25) is 0 Å². The topological polar surface area (TPSA) is 0 Å². The fourth-order valence-corrected chi connectivity index (χ4v) is 0. The van der Waals surface area contributed by atoms with Crippen LogP contribution in [0.1, 0.15) is 0 Å². The Morgan fingerprint density at radius 1 is 1.00 bits per heavy atom. The molecule has 0 saturated heterocycles. The van der Waals surface area contributed by atoms with Crippen molar-refractivity contribution in [3.8, 4) is 0 Å². The Hall–Kier alpha value is 3.50. The van der Waals surface area contributed by atoms with Crippen LogP contribution in [-0.4, -0.2) is 59.8 Å². The van der Waals surface area contributed by atoms with E-state index in [1.54, 1.807) is 0 Å². The van der Waals surface area contributed by atoms with Crippen LogP contribution in [0, 0.1) is 35.6 Å². The molecule has 0 amide bonds. The standard InChI is InChI=1S/Ba.Cu.La.Si. The quantitative estimate of drug-likeness (QED) is 0.494. The first-order valence-electron chi connectivity index (χ1n) is 0. The van der Waals surface area contributed by atoms with E-state index in [-0.39, 0.29) is 113 Å². The van der Waals surface area contributed by atoms with E-state index in [0.29, 0.717) is 0 Å². The van der Waals surface area contributed by atoms with Gasteiger partial charge in [-0.1, -0.05) is 0 Å². The largest absolute Gasteiger partial charge is 0 e. The minimum absolute atomic E-state index is 0. The van der Waals surface area contributed by atoms with E-state index in [9.17, 15) is 0 Å². The van der Waals surface area contributed by atoms with Crippen LogP contribution in [0.5, 0.6) is 0 Å². The van der Waals surface area contributed by atoms with Gasteiger partial charge in [-0.25, -0.2) is 0 Å². The van der Waals surface area contributed by atoms with Gasteiger partial charge in [0.25, 0.3) is 0 Å². The molecule has 0 aliphatic heterocycles. The van der Waals surface area contributed by atoms with Crippen LogP contribution in [0.3, 0.4) is 0 Å². The van der Waals surface area contributed by atoms with Gasteiger partial charge in [0.15, 0.2) is 0 Å². The molecule has 0 aliphatic rings. The molecule has 0 fully saturated rings. The first-order valence-corrected chi connectivity index (χ1v) is 0. The van der Waals surface area contributed by atoms with Gasteiger partial charge in [-0.2, -0.15) is 0 Å².